The molecule has 35 heavy (non-hydrogen) atoms. The van der Waals surface area contributed by atoms with Crippen LogP contribution in [0.4, 0.5) is 22.0 Å². The van der Waals surface area contributed by atoms with Crippen LogP contribution in [-0.2, 0) is 7.05 Å². The van der Waals surface area contributed by atoms with E-state index in [-0.39, 0.29) is 33.7 Å². The molecular weight excluding hydrogens is 485 g/mol. The third-order valence-corrected chi connectivity index (χ3v) is 4.59. The summed E-state index contributed by atoms with van der Waals surface area (Å²) in [4.78, 5) is 31.2. The molecule has 0 aliphatic rings. The first-order valence-corrected chi connectivity index (χ1v) is 9.65. The maximum Gasteiger partial charge on any atom is 0.422 e. The summed E-state index contributed by atoms with van der Waals surface area (Å²) in [6.07, 6.45) is -7.62. The minimum Gasteiger partial charge on any atom is -0.468 e. The fourth-order valence-electron chi connectivity index (χ4n) is 3.06. The monoisotopic (exact) mass is 499 g/mol. The summed E-state index contributed by atoms with van der Waals surface area (Å²) in [5, 5.41) is 11.9. The molecule has 0 fully saturated rings. The van der Waals surface area contributed by atoms with Gasteiger partial charge in [0, 0.05) is 31.1 Å². The topological polar surface area (TPSA) is 141 Å². The van der Waals surface area contributed by atoms with Gasteiger partial charge in [-0.1, -0.05) is 0 Å². The summed E-state index contributed by atoms with van der Waals surface area (Å²) in [7, 11) is 1.45. The highest BCUT2D eigenvalue weighted by Gasteiger charge is 2.30. The van der Waals surface area contributed by atoms with E-state index in [0.717, 1.165) is 24.5 Å². The molecule has 0 spiro atoms. The second-order valence-electron chi connectivity index (χ2n) is 7.09. The Morgan fingerprint density at radius 2 is 1.94 bits per heavy atom. The van der Waals surface area contributed by atoms with Gasteiger partial charge in [0.25, 0.3) is 12.0 Å². The SMILES string of the molecule is Cn1nc(O[C@H](c2ccnc(OCC(F)(F)F)c2)C(F)F)c2cc(-c3c[nH]c(=O)[nH]c3=O)nnc21. The van der Waals surface area contributed by atoms with E-state index in [1.165, 1.54) is 17.8 Å². The van der Waals surface area contributed by atoms with Crippen molar-refractivity contribution in [2.75, 3.05) is 6.61 Å². The molecular formula is C19H14F5N7O4. The third-order valence-electron chi connectivity index (χ3n) is 4.59. The predicted molar refractivity (Wildman–Crippen MR) is 108 cm³/mol. The number of hydrogen-bond acceptors (Lipinski definition) is 8. The fraction of sp³-hybridized carbons (Fsp3) is 0.263. The van der Waals surface area contributed by atoms with Gasteiger partial charge in [-0.25, -0.2) is 23.2 Å². The van der Waals surface area contributed by atoms with Gasteiger partial charge in [-0.05, 0) is 12.1 Å². The van der Waals surface area contributed by atoms with Crippen LogP contribution in [0, 0.1) is 0 Å². The average Bonchev–Trinajstić information content (AvgIpc) is 3.10. The summed E-state index contributed by atoms with van der Waals surface area (Å²) in [5.74, 6) is -0.829. The molecule has 0 amide bonds. The van der Waals surface area contributed by atoms with Crippen LogP contribution >= 0.6 is 0 Å². The number of rotatable bonds is 7. The Labute approximate surface area is 190 Å². The number of ether oxygens (including phenoxy) is 2. The van der Waals surface area contributed by atoms with Gasteiger partial charge in [0.2, 0.25) is 11.8 Å². The van der Waals surface area contributed by atoms with Gasteiger partial charge in [-0.2, -0.15) is 13.2 Å². The van der Waals surface area contributed by atoms with E-state index in [1.54, 1.807) is 0 Å². The second kappa shape index (κ2) is 9.11. The first-order valence-electron chi connectivity index (χ1n) is 9.65. The minimum absolute atomic E-state index is 0.00630. The molecule has 4 rings (SSSR count). The number of aryl methyl sites for hydroxylation is 1. The van der Waals surface area contributed by atoms with Gasteiger partial charge in [0.05, 0.1) is 10.9 Å². The van der Waals surface area contributed by atoms with Gasteiger partial charge in [0.1, 0.15) is 5.69 Å². The average molecular weight is 499 g/mol. The number of nitrogens with one attached hydrogen (secondary N) is 2. The van der Waals surface area contributed by atoms with Crippen LogP contribution in [0.25, 0.3) is 22.3 Å². The Balaban J connectivity index is 1.70. The zero-order valence-corrected chi connectivity index (χ0v) is 17.5. The maximum atomic E-state index is 13.9. The lowest BCUT2D eigenvalue weighted by Crippen LogP contribution is -2.22. The Morgan fingerprint density at radius 3 is 2.63 bits per heavy atom. The molecule has 0 unspecified atom stereocenters. The van der Waals surface area contributed by atoms with E-state index < -0.39 is 42.4 Å². The highest BCUT2D eigenvalue weighted by molar-refractivity contribution is 5.84. The molecule has 0 aliphatic heterocycles. The number of H-pyrrole nitrogens is 2. The number of aromatic amines is 2. The molecule has 0 aliphatic carbocycles. The van der Waals surface area contributed by atoms with Crippen molar-refractivity contribution in [2.45, 2.75) is 18.7 Å². The molecule has 1 atom stereocenters. The van der Waals surface area contributed by atoms with Crippen LogP contribution in [0.1, 0.15) is 11.7 Å². The standard InChI is InChI=1S/C19H14F5N7O4/c1-31-15-9(5-11(28-29-15)10-6-26-18(33)27-16(10)32)17(30-31)35-13(14(20)21)8-2-3-25-12(4-8)34-7-19(22,23)24/h2-6,13-14H,7H2,1H3,(H2,26,27,32,33)/t13-/m1/s1. The van der Waals surface area contributed by atoms with E-state index in [0.29, 0.717) is 0 Å². The zero-order chi connectivity index (χ0) is 25.3. The lowest BCUT2D eigenvalue weighted by atomic mass is 10.1. The van der Waals surface area contributed by atoms with E-state index >= 15 is 0 Å². The summed E-state index contributed by atoms with van der Waals surface area (Å²) in [5.41, 5.74) is -1.66. The van der Waals surface area contributed by atoms with Crippen LogP contribution in [-0.4, -0.2) is 54.1 Å². The smallest absolute Gasteiger partial charge is 0.422 e. The normalized spacial score (nSPS) is 12.8. The quantitative estimate of drug-likeness (QED) is 0.369. The van der Waals surface area contributed by atoms with Gasteiger partial charge in [-0.15, -0.1) is 15.3 Å². The van der Waals surface area contributed by atoms with Gasteiger partial charge >= 0.3 is 11.9 Å². The van der Waals surface area contributed by atoms with Gasteiger partial charge in [0.15, 0.2) is 18.4 Å². The summed E-state index contributed by atoms with van der Waals surface area (Å²) in [6, 6.07) is 3.34. The molecule has 2 N–H and O–H groups in total. The highest BCUT2D eigenvalue weighted by atomic mass is 19.4. The fourth-order valence-corrected chi connectivity index (χ4v) is 3.06. The van der Waals surface area contributed by atoms with Gasteiger partial charge < -0.3 is 14.5 Å². The zero-order valence-electron chi connectivity index (χ0n) is 17.5. The van der Waals surface area contributed by atoms with E-state index in [9.17, 15) is 31.5 Å². The molecule has 184 valence electrons. The van der Waals surface area contributed by atoms with Crippen molar-refractivity contribution in [1.29, 1.82) is 0 Å². The molecule has 4 aromatic rings. The Bertz CT molecular complexity index is 1480. The minimum atomic E-state index is -4.64. The molecule has 11 nitrogen and oxygen atoms in total. The Hall–Kier alpha value is -4.37. The van der Waals surface area contributed by atoms with Gasteiger partial charge in [-0.3, -0.25) is 9.78 Å². The first kappa shape index (κ1) is 23.8. The number of fused-ring (bicyclic) bond motifs is 1. The molecule has 0 aromatic carbocycles. The van der Waals surface area contributed by atoms with Crippen molar-refractivity contribution in [3.05, 3.63) is 57.0 Å². The van der Waals surface area contributed by atoms with Crippen molar-refractivity contribution < 1.29 is 31.4 Å². The predicted octanol–water partition coefficient (Wildman–Crippen LogP) is 2.13. The summed E-state index contributed by atoms with van der Waals surface area (Å²) >= 11 is 0. The van der Waals surface area contributed by atoms with Crippen LogP contribution in [0.3, 0.4) is 0 Å². The number of aromatic nitrogens is 7. The van der Waals surface area contributed by atoms with Crippen molar-refractivity contribution >= 4 is 11.0 Å². The largest absolute Gasteiger partial charge is 0.468 e. The molecule has 0 saturated carbocycles. The molecule has 0 radical (unpaired) electrons. The van der Waals surface area contributed by atoms with Crippen LogP contribution in [0.15, 0.2) is 40.2 Å². The third kappa shape index (κ3) is 5.25. The number of pyridine rings is 1. The van der Waals surface area contributed by atoms with E-state index in [1.807, 2.05) is 4.98 Å². The summed E-state index contributed by atoms with van der Waals surface area (Å²) in [6.45, 7) is -1.65. The van der Waals surface area contributed by atoms with Crippen molar-refractivity contribution in [3.8, 4) is 23.0 Å². The molecule has 0 saturated heterocycles. The van der Waals surface area contributed by atoms with Crippen molar-refractivity contribution in [1.82, 2.24) is 34.9 Å². The molecule has 16 heteroatoms. The number of halogens is 5. The highest BCUT2D eigenvalue weighted by Crippen LogP contribution is 2.33. The Kier molecular flexibility index (Phi) is 6.19. The Morgan fingerprint density at radius 1 is 1.17 bits per heavy atom. The lowest BCUT2D eigenvalue weighted by Gasteiger charge is -2.18. The van der Waals surface area contributed by atoms with Crippen LogP contribution < -0.4 is 20.7 Å². The molecule has 4 heterocycles. The first-order chi connectivity index (χ1) is 16.5. The van der Waals surface area contributed by atoms with Crippen LogP contribution in [0.5, 0.6) is 11.8 Å². The maximum absolute atomic E-state index is 13.9. The molecule has 4 aromatic heterocycles. The van der Waals surface area contributed by atoms with E-state index in [2.05, 4.69) is 30.0 Å². The summed E-state index contributed by atoms with van der Waals surface area (Å²) < 4.78 is 76.2. The molecule has 0 bridgehead atoms. The second-order valence-corrected chi connectivity index (χ2v) is 7.09. The van der Waals surface area contributed by atoms with Crippen molar-refractivity contribution in [2.24, 2.45) is 7.05 Å². The number of alkyl halides is 5. The number of hydrogen-bond donors (Lipinski definition) is 2. The number of nitrogens with zero attached hydrogens (tertiary/aromatic N) is 5. The van der Waals surface area contributed by atoms with E-state index in [4.69, 9.17) is 4.74 Å². The van der Waals surface area contributed by atoms with Crippen LogP contribution in [0.2, 0.25) is 0 Å². The lowest BCUT2D eigenvalue weighted by molar-refractivity contribution is -0.154. The van der Waals surface area contributed by atoms with Crippen molar-refractivity contribution in [3.63, 3.8) is 0 Å².